The molecule has 0 saturated carbocycles. The summed E-state index contributed by atoms with van der Waals surface area (Å²) in [6.07, 6.45) is 3.11. The van der Waals surface area contributed by atoms with Crippen LogP contribution in [0.15, 0.2) is 54.6 Å². The van der Waals surface area contributed by atoms with Gasteiger partial charge in [0.2, 0.25) is 0 Å². The largest absolute Gasteiger partial charge is 0.326 e. The van der Waals surface area contributed by atoms with E-state index >= 15 is 0 Å². The van der Waals surface area contributed by atoms with Gasteiger partial charge < -0.3 is 34.4 Å². The number of hydrogen-bond donors (Lipinski definition) is 6. The summed E-state index contributed by atoms with van der Waals surface area (Å²) >= 11 is 0. The van der Waals surface area contributed by atoms with Crippen molar-refractivity contribution < 1.29 is 0 Å². The van der Waals surface area contributed by atoms with Crippen molar-refractivity contribution in [2.45, 2.75) is 79.3 Å². The van der Waals surface area contributed by atoms with E-state index in [0.29, 0.717) is 39.3 Å². The van der Waals surface area contributed by atoms with E-state index in [1.165, 1.54) is 44.5 Å². The quantitative estimate of drug-likeness (QED) is 0.268. The first-order valence-corrected chi connectivity index (χ1v) is 13.0. The fourth-order valence-electron chi connectivity index (χ4n) is 4.09. The van der Waals surface area contributed by atoms with Crippen molar-refractivity contribution in [1.29, 1.82) is 0 Å². The van der Waals surface area contributed by atoms with E-state index in [9.17, 15) is 0 Å². The number of benzene rings is 3. The third-order valence-corrected chi connectivity index (χ3v) is 6.27. The molecule has 0 bridgehead atoms. The SMILES string of the molecule is CCc1cc(CN)cc(CN)c1.CCc1ccc(CN)cc1CN.CCc1cccc(CN)c1CN. The van der Waals surface area contributed by atoms with Crippen molar-refractivity contribution in [3.05, 3.63) is 105 Å². The molecule has 0 spiro atoms. The molecule has 0 aliphatic carbocycles. The van der Waals surface area contributed by atoms with Crippen LogP contribution >= 0.6 is 0 Å². The van der Waals surface area contributed by atoms with Gasteiger partial charge in [0.15, 0.2) is 0 Å². The molecule has 6 nitrogen and oxygen atoms in total. The molecule has 0 saturated heterocycles. The van der Waals surface area contributed by atoms with Gasteiger partial charge in [0, 0.05) is 39.3 Å². The Morgan fingerprint density at radius 1 is 0.417 bits per heavy atom. The minimum atomic E-state index is 0.584. The van der Waals surface area contributed by atoms with Crippen LogP contribution in [0.1, 0.15) is 70.8 Å². The minimum absolute atomic E-state index is 0.584. The van der Waals surface area contributed by atoms with Crippen LogP contribution in [0.5, 0.6) is 0 Å². The maximum absolute atomic E-state index is 5.65. The topological polar surface area (TPSA) is 156 Å². The van der Waals surface area contributed by atoms with Gasteiger partial charge >= 0.3 is 0 Å². The predicted octanol–water partition coefficient (Wildman–Crippen LogP) is 3.50. The monoisotopic (exact) mass is 492 g/mol. The van der Waals surface area contributed by atoms with Crippen LogP contribution in [0.2, 0.25) is 0 Å². The molecule has 0 aliphatic rings. The molecule has 0 amide bonds. The van der Waals surface area contributed by atoms with Gasteiger partial charge in [-0.15, -0.1) is 0 Å². The molecule has 198 valence electrons. The molecule has 0 radical (unpaired) electrons. The van der Waals surface area contributed by atoms with Gasteiger partial charge in [0.05, 0.1) is 0 Å². The molecule has 36 heavy (non-hydrogen) atoms. The van der Waals surface area contributed by atoms with Gasteiger partial charge in [-0.05, 0) is 69.3 Å². The third kappa shape index (κ3) is 9.82. The maximum atomic E-state index is 5.65. The van der Waals surface area contributed by atoms with Crippen molar-refractivity contribution in [3.63, 3.8) is 0 Å². The highest BCUT2D eigenvalue weighted by Gasteiger charge is 2.03. The normalized spacial score (nSPS) is 10.2. The van der Waals surface area contributed by atoms with Crippen molar-refractivity contribution in [3.8, 4) is 0 Å². The lowest BCUT2D eigenvalue weighted by atomic mass is 9.99. The van der Waals surface area contributed by atoms with Gasteiger partial charge in [0.25, 0.3) is 0 Å². The van der Waals surface area contributed by atoms with Crippen molar-refractivity contribution >= 4 is 0 Å². The molecular weight excluding hydrogens is 444 g/mol. The first-order chi connectivity index (χ1) is 17.4. The van der Waals surface area contributed by atoms with Gasteiger partial charge in [-0.25, -0.2) is 0 Å². The Balaban J connectivity index is 0.000000270. The lowest BCUT2D eigenvalue weighted by Crippen LogP contribution is -2.08. The molecule has 6 heteroatoms. The molecule has 0 fully saturated rings. The van der Waals surface area contributed by atoms with Gasteiger partial charge in [0.1, 0.15) is 0 Å². The first-order valence-electron chi connectivity index (χ1n) is 13.0. The van der Waals surface area contributed by atoms with Gasteiger partial charge in [-0.1, -0.05) is 75.4 Å². The summed E-state index contributed by atoms with van der Waals surface area (Å²) in [7, 11) is 0. The summed E-state index contributed by atoms with van der Waals surface area (Å²) in [5.41, 5.74) is 44.6. The summed E-state index contributed by atoms with van der Waals surface area (Å²) in [6, 6.07) is 18.8. The molecule has 12 N–H and O–H groups in total. The van der Waals surface area contributed by atoms with E-state index in [2.05, 4.69) is 63.2 Å². The summed E-state index contributed by atoms with van der Waals surface area (Å²) in [6.45, 7) is 9.98. The number of rotatable bonds is 9. The summed E-state index contributed by atoms with van der Waals surface area (Å²) in [5, 5.41) is 0. The van der Waals surface area contributed by atoms with E-state index in [-0.39, 0.29) is 0 Å². The Hall–Kier alpha value is -2.58. The zero-order valence-electron chi connectivity index (χ0n) is 22.5. The molecule has 3 aromatic rings. The highest BCUT2D eigenvalue weighted by molar-refractivity contribution is 5.35. The Morgan fingerprint density at radius 2 is 0.944 bits per heavy atom. The number of hydrogen-bond acceptors (Lipinski definition) is 6. The lowest BCUT2D eigenvalue weighted by molar-refractivity contribution is 0.941. The lowest BCUT2D eigenvalue weighted by Gasteiger charge is -2.09. The van der Waals surface area contributed by atoms with Gasteiger partial charge in [-0.3, -0.25) is 0 Å². The standard InChI is InChI=1S/3C10H16N2/c1-2-8-3-9(6-11)5-10(4-8)7-12;1-2-9-4-3-8(6-11)5-10(9)7-12;1-2-8-4-3-5-9(6-11)10(8)7-12/h3*3-5H,2,6-7,11-12H2,1H3. The molecule has 3 aromatic carbocycles. The smallest absolute Gasteiger partial charge is 0.0184 e. The van der Waals surface area contributed by atoms with Crippen LogP contribution in [0.4, 0.5) is 0 Å². The average molecular weight is 493 g/mol. The second-order valence-corrected chi connectivity index (χ2v) is 8.60. The molecule has 0 aromatic heterocycles. The second-order valence-electron chi connectivity index (χ2n) is 8.60. The Morgan fingerprint density at radius 3 is 1.39 bits per heavy atom. The molecule has 3 rings (SSSR count). The van der Waals surface area contributed by atoms with Crippen molar-refractivity contribution in [1.82, 2.24) is 0 Å². The van der Waals surface area contributed by atoms with Crippen molar-refractivity contribution in [2.24, 2.45) is 34.4 Å². The predicted molar refractivity (Wildman–Crippen MR) is 155 cm³/mol. The van der Waals surface area contributed by atoms with E-state index in [4.69, 9.17) is 34.4 Å². The fourth-order valence-corrected chi connectivity index (χ4v) is 4.09. The second kappa shape index (κ2) is 17.8. The van der Waals surface area contributed by atoms with Crippen molar-refractivity contribution in [2.75, 3.05) is 0 Å². The highest BCUT2D eigenvalue weighted by Crippen LogP contribution is 2.14. The molecule has 0 atom stereocenters. The summed E-state index contributed by atoms with van der Waals surface area (Å²) in [5.74, 6) is 0. The van der Waals surface area contributed by atoms with E-state index in [0.717, 1.165) is 24.8 Å². The molecule has 0 unspecified atom stereocenters. The van der Waals surface area contributed by atoms with Crippen LogP contribution < -0.4 is 34.4 Å². The number of aryl methyl sites for hydroxylation is 3. The Bertz CT molecular complexity index is 952. The zero-order valence-corrected chi connectivity index (χ0v) is 22.5. The molecule has 0 aliphatic heterocycles. The van der Waals surface area contributed by atoms with Crippen LogP contribution in [0, 0.1) is 0 Å². The third-order valence-electron chi connectivity index (χ3n) is 6.27. The van der Waals surface area contributed by atoms with E-state index in [1.807, 2.05) is 12.1 Å². The summed E-state index contributed by atoms with van der Waals surface area (Å²) in [4.78, 5) is 0. The number of nitrogens with two attached hydrogens (primary N) is 6. The fraction of sp³-hybridized carbons (Fsp3) is 0.400. The molecule has 0 heterocycles. The van der Waals surface area contributed by atoms with E-state index < -0.39 is 0 Å². The first kappa shape index (κ1) is 31.4. The Labute approximate surface area is 218 Å². The average Bonchev–Trinajstić information content (AvgIpc) is 2.96. The van der Waals surface area contributed by atoms with Crippen LogP contribution in [-0.4, -0.2) is 0 Å². The highest BCUT2D eigenvalue weighted by atomic mass is 14.6. The maximum Gasteiger partial charge on any atom is 0.0184 e. The minimum Gasteiger partial charge on any atom is -0.326 e. The van der Waals surface area contributed by atoms with Gasteiger partial charge in [-0.2, -0.15) is 0 Å². The molecular formula is C30H48N6. The van der Waals surface area contributed by atoms with Crippen LogP contribution in [0.3, 0.4) is 0 Å². The van der Waals surface area contributed by atoms with Crippen LogP contribution in [0.25, 0.3) is 0 Å². The van der Waals surface area contributed by atoms with E-state index in [1.54, 1.807) is 0 Å². The summed E-state index contributed by atoms with van der Waals surface area (Å²) < 4.78 is 0. The van der Waals surface area contributed by atoms with Crippen LogP contribution in [-0.2, 0) is 58.5 Å². The zero-order chi connectivity index (χ0) is 26.9. The Kier molecular flexibility index (Phi) is 15.5.